The van der Waals surface area contributed by atoms with Gasteiger partial charge in [-0.05, 0) is 44.0 Å². The molecule has 29 heavy (non-hydrogen) atoms. The van der Waals surface area contributed by atoms with E-state index in [4.69, 9.17) is 0 Å². The zero-order chi connectivity index (χ0) is 20.8. The molecule has 1 atom stereocenters. The van der Waals surface area contributed by atoms with Crippen molar-refractivity contribution in [3.8, 4) is 11.3 Å². The second-order valence-corrected chi connectivity index (χ2v) is 10.0. The van der Waals surface area contributed by atoms with Crippen LogP contribution in [0.2, 0.25) is 0 Å². The Kier molecular flexibility index (Phi) is 4.92. The number of aryl methyl sites for hydroxylation is 1. The Morgan fingerprint density at radius 1 is 1.21 bits per heavy atom. The summed E-state index contributed by atoms with van der Waals surface area (Å²) in [7, 11) is -3.35. The maximum Gasteiger partial charge on any atom is 0.257 e. The minimum Gasteiger partial charge on any atom is -0.298 e. The molecule has 0 aliphatic carbocycles. The number of nitrogens with one attached hydrogen (secondary N) is 1. The number of sulfonamides is 1. The van der Waals surface area contributed by atoms with E-state index < -0.39 is 10.0 Å². The van der Waals surface area contributed by atoms with Crippen LogP contribution >= 0.6 is 11.3 Å². The van der Waals surface area contributed by atoms with E-state index in [-0.39, 0.29) is 11.9 Å². The number of rotatable bonds is 4. The number of aromatic nitrogens is 1. The number of hydrogen-bond donors (Lipinski definition) is 1. The fourth-order valence-corrected chi connectivity index (χ4v) is 5.59. The Morgan fingerprint density at radius 3 is 2.62 bits per heavy atom. The number of hydrogen-bond acceptors (Lipinski definition) is 5. The van der Waals surface area contributed by atoms with E-state index in [1.165, 1.54) is 27.5 Å². The molecular formula is C21H21N3O3S2. The zero-order valence-electron chi connectivity index (χ0n) is 16.3. The van der Waals surface area contributed by atoms with Crippen molar-refractivity contribution in [2.45, 2.75) is 26.3 Å². The summed E-state index contributed by atoms with van der Waals surface area (Å²) in [5, 5.41) is 5.28. The number of carbonyl (C=O) groups is 1. The predicted molar refractivity (Wildman–Crippen MR) is 117 cm³/mol. The van der Waals surface area contributed by atoms with Crippen molar-refractivity contribution < 1.29 is 13.2 Å². The molecule has 1 amide bonds. The lowest BCUT2D eigenvalue weighted by atomic mass is 10.1. The van der Waals surface area contributed by atoms with Gasteiger partial charge in [0, 0.05) is 22.5 Å². The highest BCUT2D eigenvalue weighted by Crippen LogP contribution is 2.35. The summed E-state index contributed by atoms with van der Waals surface area (Å²) in [6, 6.07) is 13.0. The van der Waals surface area contributed by atoms with Gasteiger partial charge >= 0.3 is 0 Å². The van der Waals surface area contributed by atoms with Gasteiger partial charge in [0.05, 0.1) is 17.6 Å². The van der Waals surface area contributed by atoms with Crippen LogP contribution in [-0.2, 0) is 16.4 Å². The van der Waals surface area contributed by atoms with E-state index in [2.05, 4.69) is 10.3 Å². The van der Waals surface area contributed by atoms with Crippen molar-refractivity contribution in [1.29, 1.82) is 0 Å². The molecule has 1 aromatic heterocycles. The van der Waals surface area contributed by atoms with E-state index in [0.29, 0.717) is 22.8 Å². The second kappa shape index (κ2) is 7.27. The first-order valence-corrected chi connectivity index (χ1v) is 11.9. The maximum absolute atomic E-state index is 12.7. The number of benzene rings is 2. The smallest absolute Gasteiger partial charge is 0.257 e. The predicted octanol–water partition coefficient (Wildman–Crippen LogP) is 4.08. The number of carbonyl (C=O) groups excluding carboxylic acids is 1. The van der Waals surface area contributed by atoms with Crippen LogP contribution < -0.4 is 9.62 Å². The first-order chi connectivity index (χ1) is 13.7. The SMILES string of the molecule is Cc1ccc(-c2csc(NC(=O)c3ccc4c(c3)C[C@@H](C)N4S(C)(=O)=O)n2)cc1. The molecular weight excluding hydrogens is 406 g/mol. The topological polar surface area (TPSA) is 79.4 Å². The van der Waals surface area contributed by atoms with Gasteiger partial charge in [-0.2, -0.15) is 0 Å². The molecule has 8 heteroatoms. The van der Waals surface area contributed by atoms with Crippen molar-refractivity contribution >= 4 is 38.1 Å². The lowest BCUT2D eigenvalue weighted by Gasteiger charge is -2.21. The monoisotopic (exact) mass is 427 g/mol. The summed E-state index contributed by atoms with van der Waals surface area (Å²) in [5.41, 5.74) is 4.98. The quantitative estimate of drug-likeness (QED) is 0.680. The molecule has 3 aromatic rings. The third-order valence-corrected chi connectivity index (χ3v) is 6.95. The van der Waals surface area contributed by atoms with Crippen LogP contribution in [-0.4, -0.2) is 31.6 Å². The average Bonchev–Trinajstić information content (AvgIpc) is 3.24. The molecule has 150 valence electrons. The third-order valence-electron chi connectivity index (χ3n) is 4.92. The molecule has 1 N–H and O–H groups in total. The Bertz CT molecular complexity index is 1180. The van der Waals surface area contributed by atoms with Gasteiger partial charge in [-0.1, -0.05) is 29.8 Å². The van der Waals surface area contributed by atoms with Gasteiger partial charge in [-0.3, -0.25) is 14.4 Å². The maximum atomic E-state index is 12.7. The average molecular weight is 428 g/mol. The van der Waals surface area contributed by atoms with E-state index in [1.54, 1.807) is 18.2 Å². The summed E-state index contributed by atoms with van der Waals surface area (Å²) < 4.78 is 25.5. The van der Waals surface area contributed by atoms with Crippen LogP contribution in [0.3, 0.4) is 0 Å². The van der Waals surface area contributed by atoms with Crippen molar-refractivity contribution in [1.82, 2.24) is 4.98 Å². The molecule has 0 radical (unpaired) electrons. The number of anilines is 2. The summed E-state index contributed by atoms with van der Waals surface area (Å²) >= 11 is 1.37. The standard InChI is InChI=1S/C21H21N3O3S2/c1-13-4-6-15(7-5-13)18-12-28-21(22-18)23-20(25)16-8-9-19-17(11-16)10-14(2)24(19)29(3,26)27/h4-9,11-12,14H,10H2,1-3H3,(H,22,23,25)/t14-/m1/s1. The number of fused-ring (bicyclic) bond motifs is 1. The molecule has 0 unspecified atom stereocenters. The lowest BCUT2D eigenvalue weighted by molar-refractivity contribution is 0.102. The second-order valence-electron chi connectivity index (χ2n) is 7.31. The Morgan fingerprint density at radius 2 is 1.93 bits per heavy atom. The number of thiazole rings is 1. The fraction of sp³-hybridized carbons (Fsp3) is 0.238. The van der Waals surface area contributed by atoms with Crippen LogP contribution in [0.5, 0.6) is 0 Å². The highest BCUT2D eigenvalue weighted by atomic mass is 32.2. The molecule has 1 aliphatic heterocycles. The van der Waals surface area contributed by atoms with Crippen molar-refractivity contribution in [2.75, 3.05) is 15.9 Å². The van der Waals surface area contributed by atoms with Gasteiger partial charge < -0.3 is 0 Å². The molecule has 6 nitrogen and oxygen atoms in total. The van der Waals surface area contributed by atoms with Crippen LogP contribution in [0.4, 0.5) is 10.8 Å². The van der Waals surface area contributed by atoms with Gasteiger partial charge in [0.15, 0.2) is 5.13 Å². The van der Waals surface area contributed by atoms with E-state index >= 15 is 0 Å². The van der Waals surface area contributed by atoms with Crippen molar-refractivity contribution in [3.05, 3.63) is 64.5 Å². The summed E-state index contributed by atoms with van der Waals surface area (Å²) in [4.78, 5) is 17.2. The minimum absolute atomic E-state index is 0.158. The lowest BCUT2D eigenvalue weighted by Crippen LogP contribution is -2.34. The highest BCUT2D eigenvalue weighted by Gasteiger charge is 2.32. The molecule has 0 saturated heterocycles. The molecule has 2 aromatic carbocycles. The first-order valence-electron chi connectivity index (χ1n) is 9.18. The van der Waals surface area contributed by atoms with E-state index in [9.17, 15) is 13.2 Å². The molecule has 0 spiro atoms. The number of amides is 1. The van der Waals surface area contributed by atoms with Crippen LogP contribution in [0, 0.1) is 6.92 Å². The minimum atomic E-state index is -3.35. The summed E-state index contributed by atoms with van der Waals surface area (Å²) in [5.74, 6) is -0.261. The Hall–Kier alpha value is -2.71. The van der Waals surface area contributed by atoms with Gasteiger partial charge in [0.25, 0.3) is 5.91 Å². The number of nitrogens with zero attached hydrogens (tertiary/aromatic N) is 2. The molecule has 0 fully saturated rings. The van der Waals surface area contributed by atoms with Gasteiger partial charge in [-0.15, -0.1) is 11.3 Å². The largest absolute Gasteiger partial charge is 0.298 e. The van der Waals surface area contributed by atoms with Crippen LogP contribution in [0.1, 0.15) is 28.4 Å². The Labute approximate surface area is 174 Å². The summed E-state index contributed by atoms with van der Waals surface area (Å²) in [6.07, 6.45) is 1.78. The zero-order valence-corrected chi connectivity index (χ0v) is 18.0. The van der Waals surface area contributed by atoms with Gasteiger partial charge in [0.1, 0.15) is 0 Å². The normalized spacial score (nSPS) is 16.0. The third kappa shape index (κ3) is 3.90. The highest BCUT2D eigenvalue weighted by molar-refractivity contribution is 7.92. The molecule has 1 aliphatic rings. The molecule has 0 bridgehead atoms. The Balaban J connectivity index is 1.53. The molecule has 2 heterocycles. The van der Waals surface area contributed by atoms with Gasteiger partial charge in [0.2, 0.25) is 10.0 Å². The van der Waals surface area contributed by atoms with Gasteiger partial charge in [-0.25, -0.2) is 13.4 Å². The van der Waals surface area contributed by atoms with Crippen molar-refractivity contribution in [2.24, 2.45) is 0 Å². The summed E-state index contributed by atoms with van der Waals surface area (Å²) in [6.45, 7) is 3.89. The van der Waals surface area contributed by atoms with Crippen LogP contribution in [0.15, 0.2) is 47.8 Å². The first kappa shape index (κ1) is 19.6. The van der Waals surface area contributed by atoms with Crippen molar-refractivity contribution in [3.63, 3.8) is 0 Å². The molecule has 0 saturated carbocycles. The van der Waals surface area contributed by atoms with E-state index in [0.717, 1.165) is 16.8 Å². The molecule has 4 rings (SSSR count). The fourth-order valence-electron chi connectivity index (χ4n) is 3.61. The van der Waals surface area contributed by atoms with E-state index in [1.807, 2.05) is 43.5 Å². The van der Waals surface area contributed by atoms with Crippen LogP contribution in [0.25, 0.3) is 11.3 Å².